The van der Waals surface area contributed by atoms with Crippen LogP contribution in [0.1, 0.15) is 32.3 Å². The standard InChI is InChI=1S/C12H12N2O4.C2H4O2/c1-12(7-6-10(15)13-11(12)16)8-2-4-9(5-3-8)14(17)18;1-2(3)4/h2-5H,6-7H2,1H3,(H,13,15,16);1H3,(H,3,4). The first-order chi connectivity index (χ1) is 10.2. The summed E-state index contributed by atoms with van der Waals surface area (Å²) in [6.07, 6.45) is 0.689. The normalized spacial score (nSPS) is 20.5. The van der Waals surface area contributed by atoms with Gasteiger partial charge in [-0.05, 0) is 18.9 Å². The van der Waals surface area contributed by atoms with Crippen LogP contribution in [-0.2, 0) is 19.8 Å². The Morgan fingerprint density at radius 2 is 1.82 bits per heavy atom. The maximum Gasteiger partial charge on any atom is 0.300 e. The Morgan fingerprint density at radius 3 is 2.23 bits per heavy atom. The molecule has 1 fully saturated rings. The molecule has 2 N–H and O–H groups in total. The van der Waals surface area contributed by atoms with E-state index in [1.165, 1.54) is 12.1 Å². The highest BCUT2D eigenvalue weighted by Gasteiger charge is 2.39. The van der Waals surface area contributed by atoms with Gasteiger partial charge >= 0.3 is 0 Å². The molecular weight excluding hydrogens is 292 g/mol. The van der Waals surface area contributed by atoms with Gasteiger partial charge in [0.05, 0.1) is 10.3 Å². The summed E-state index contributed by atoms with van der Waals surface area (Å²) in [5, 5.41) is 20.3. The van der Waals surface area contributed by atoms with Crippen LogP contribution in [0, 0.1) is 10.1 Å². The van der Waals surface area contributed by atoms with Gasteiger partial charge in [-0.25, -0.2) is 0 Å². The van der Waals surface area contributed by atoms with Gasteiger partial charge in [-0.1, -0.05) is 12.1 Å². The third-order valence-electron chi connectivity index (χ3n) is 3.32. The number of amides is 2. The lowest BCUT2D eigenvalue weighted by atomic mass is 9.75. The van der Waals surface area contributed by atoms with E-state index in [9.17, 15) is 19.7 Å². The quantitative estimate of drug-likeness (QED) is 0.483. The maximum absolute atomic E-state index is 11.9. The molecule has 0 aliphatic carbocycles. The average molecular weight is 308 g/mol. The first kappa shape index (κ1) is 17.3. The smallest absolute Gasteiger partial charge is 0.300 e. The minimum atomic E-state index is -0.833. The summed E-state index contributed by atoms with van der Waals surface area (Å²) < 4.78 is 0. The molecule has 1 aromatic carbocycles. The van der Waals surface area contributed by atoms with Crippen molar-refractivity contribution in [1.29, 1.82) is 0 Å². The fraction of sp³-hybridized carbons (Fsp3) is 0.357. The lowest BCUT2D eigenvalue weighted by molar-refractivity contribution is -0.384. The van der Waals surface area contributed by atoms with E-state index < -0.39 is 16.3 Å². The molecule has 22 heavy (non-hydrogen) atoms. The van der Waals surface area contributed by atoms with Crippen molar-refractivity contribution in [3.8, 4) is 0 Å². The number of piperidine rings is 1. The van der Waals surface area contributed by atoms with Crippen LogP contribution in [-0.4, -0.2) is 27.8 Å². The second kappa shape index (κ2) is 6.79. The van der Waals surface area contributed by atoms with E-state index in [1.54, 1.807) is 19.1 Å². The van der Waals surface area contributed by atoms with Crippen molar-refractivity contribution < 1.29 is 24.4 Å². The minimum Gasteiger partial charge on any atom is -0.481 e. The molecule has 0 spiro atoms. The van der Waals surface area contributed by atoms with E-state index in [1.807, 2.05) is 0 Å². The van der Waals surface area contributed by atoms with Crippen molar-refractivity contribution in [2.75, 3.05) is 0 Å². The van der Waals surface area contributed by atoms with Gasteiger partial charge < -0.3 is 5.11 Å². The number of carbonyl (C=O) groups is 3. The zero-order chi connectivity index (χ0) is 16.9. The van der Waals surface area contributed by atoms with Gasteiger partial charge in [-0.2, -0.15) is 0 Å². The Bertz CT molecular complexity index is 606. The maximum atomic E-state index is 11.9. The predicted molar refractivity (Wildman–Crippen MR) is 76.1 cm³/mol. The molecule has 2 amide bonds. The van der Waals surface area contributed by atoms with E-state index in [0.717, 1.165) is 6.92 Å². The van der Waals surface area contributed by atoms with Gasteiger partial charge in [0, 0.05) is 25.5 Å². The molecule has 1 saturated heterocycles. The SMILES string of the molecule is CC(=O)O.CC1(c2ccc([N+](=O)[O-])cc2)CCC(=O)NC1=O. The van der Waals surface area contributed by atoms with Crippen LogP contribution < -0.4 is 5.32 Å². The van der Waals surface area contributed by atoms with Crippen molar-refractivity contribution in [3.05, 3.63) is 39.9 Å². The van der Waals surface area contributed by atoms with E-state index in [-0.39, 0.29) is 23.9 Å². The fourth-order valence-electron chi connectivity index (χ4n) is 2.03. The van der Waals surface area contributed by atoms with E-state index in [4.69, 9.17) is 9.90 Å². The number of imide groups is 1. The second-order valence-electron chi connectivity index (χ2n) is 5.03. The van der Waals surface area contributed by atoms with E-state index >= 15 is 0 Å². The van der Waals surface area contributed by atoms with Crippen molar-refractivity contribution in [3.63, 3.8) is 0 Å². The lowest BCUT2D eigenvalue weighted by Gasteiger charge is -2.31. The molecular formula is C14H16N2O6. The molecule has 1 aromatic rings. The van der Waals surface area contributed by atoms with Gasteiger partial charge in [-0.15, -0.1) is 0 Å². The summed E-state index contributed by atoms with van der Waals surface area (Å²) in [4.78, 5) is 42.1. The number of carboxylic acids is 1. The summed E-state index contributed by atoms with van der Waals surface area (Å²) in [6, 6.07) is 5.86. The molecule has 1 heterocycles. The highest BCUT2D eigenvalue weighted by atomic mass is 16.6. The number of hydrogen-bond acceptors (Lipinski definition) is 5. The molecule has 8 heteroatoms. The number of non-ortho nitro benzene ring substituents is 1. The Hall–Kier alpha value is -2.77. The van der Waals surface area contributed by atoms with Crippen molar-refractivity contribution in [1.82, 2.24) is 5.32 Å². The van der Waals surface area contributed by atoms with Gasteiger partial charge in [0.25, 0.3) is 11.7 Å². The Balaban J connectivity index is 0.000000541. The first-order valence-electron chi connectivity index (χ1n) is 6.45. The number of rotatable bonds is 2. The van der Waals surface area contributed by atoms with Gasteiger partial charge in [0.15, 0.2) is 0 Å². The van der Waals surface area contributed by atoms with Gasteiger partial charge in [-0.3, -0.25) is 29.8 Å². The fourth-order valence-corrected chi connectivity index (χ4v) is 2.03. The largest absolute Gasteiger partial charge is 0.481 e. The second-order valence-corrected chi connectivity index (χ2v) is 5.03. The summed E-state index contributed by atoms with van der Waals surface area (Å²) in [6.45, 7) is 2.82. The lowest BCUT2D eigenvalue weighted by Crippen LogP contribution is -2.49. The predicted octanol–water partition coefficient (Wildman–Crippen LogP) is 1.38. The molecule has 8 nitrogen and oxygen atoms in total. The van der Waals surface area contributed by atoms with Crippen LogP contribution in [0.2, 0.25) is 0 Å². The van der Waals surface area contributed by atoms with Crippen molar-refractivity contribution >= 4 is 23.5 Å². The van der Waals surface area contributed by atoms with E-state index in [2.05, 4.69) is 5.32 Å². The highest BCUT2D eigenvalue weighted by molar-refractivity contribution is 6.03. The molecule has 0 aromatic heterocycles. The molecule has 0 bridgehead atoms. The highest BCUT2D eigenvalue weighted by Crippen LogP contribution is 2.32. The summed E-state index contributed by atoms with van der Waals surface area (Å²) in [7, 11) is 0. The minimum absolute atomic E-state index is 0.0188. The summed E-state index contributed by atoms with van der Waals surface area (Å²) >= 11 is 0. The van der Waals surface area contributed by atoms with Crippen LogP contribution in [0.3, 0.4) is 0 Å². The zero-order valence-corrected chi connectivity index (χ0v) is 12.2. The number of nitro benzene ring substituents is 1. The topological polar surface area (TPSA) is 127 Å². The average Bonchev–Trinajstić information content (AvgIpc) is 2.43. The molecule has 1 aliphatic rings. The number of nitrogens with zero attached hydrogens (tertiary/aromatic N) is 1. The zero-order valence-electron chi connectivity index (χ0n) is 12.2. The molecule has 0 saturated carbocycles. The van der Waals surface area contributed by atoms with Crippen molar-refractivity contribution in [2.45, 2.75) is 32.1 Å². The number of hydrogen-bond donors (Lipinski definition) is 2. The number of benzene rings is 1. The Morgan fingerprint density at radius 1 is 1.32 bits per heavy atom. The number of nitro groups is 1. The third kappa shape index (κ3) is 4.11. The number of carbonyl (C=O) groups excluding carboxylic acids is 2. The van der Waals surface area contributed by atoms with Crippen LogP contribution in [0.5, 0.6) is 0 Å². The number of nitrogens with one attached hydrogen (secondary N) is 1. The Kier molecular flexibility index (Phi) is 5.33. The molecule has 1 atom stereocenters. The Labute approximate surface area is 126 Å². The summed E-state index contributed by atoms with van der Waals surface area (Å²) in [5.74, 6) is -1.47. The summed E-state index contributed by atoms with van der Waals surface area (Å²) in [5.41, 5.74) is -0.143. The molecule has 1 unspecified atom stereocenters. The number of aliphatic carboxylic acids is 1. The third-order valence-corrected chi connectivity index (χ3v) is 3.32. The molecule has 0 radical (unpaired) electrons. The van der Waals surface area contributed by atoms with Crippen LogP contribution in [0.25, 0.3) is 0 Å². The number of carboxylic acid groups (broad SMARTS) is 1. The van der Waals surface area contributed by atoms with Crippen LogP contribution in [0.15, 0.2) is 24.3 Å². The van der Waals surface area contributed by atoms with Crippen LogP contribution >= 0.6 is 0 Å². The monoisotopic (exact) mass is 308 g/mol. The van der Waals surface area contributed by atoms with Crippen LogP contribution in [0.4, 0.5) is 5.69 Å². The van der Waals surface area contributed by atoms with E-state index in [0.29, 0.717) is 12.0 Å². The van der Waals surface area contributed by atoms with Crippen molar-refractivity contribution in [2.24, 2.45) is 0 Å². The molecule has 1 aliphatic heterocycles. The van der Waals surface area contributed by atoms with Gasteiger partial charge in [0.2, 0.25) is 11.8 Å². The molecule has 2 rings (SSSR count). The molecule has 118 valence electrons. The van der Waals surface area contributed by atoms with Gasteiger partial charge in [0.1, 0.15) is 0 Å². The first-order valence-corrected chi connectivity index (χ1v) is 6.45.